The number of ether oxygens (including phenoxy) is 2. The summed E-state index contributed by atoms with van der Waals surface area (Å²) < 4.78 is 95.9. The van der Waals surface area contributed by atoms with Crippen LogP contribution in [0.15, 0.2) is 52.3 Å². The average Bonchev–Trinajstić information content (AvgIpc) is 2.96. The molecule has 13 heteroatoms. The first kappa shape index (κ1) is 32.7. The molecule has 2 fully saturated rings. The van der Waals surface area contributed by atoms with Crippen LogP contribution in [0.25, 0.3) is 6.08 Å². The van der Waals surface area contributed by atoms with Crippen molar-refractivity contribution in [1.82, 2.24) is 4.90 Å². The highest BCUT2D eigenvalue weighted by Crippen LogP contribution is 2.48. The molecule has 0 radical (unpaired) electrons. The number of alkyl halides is 6. The van der Waals surface area contributed by atoms with Crippen LogP contribution in [0.4, 0.5) is 32.0 Å². The van der Waals surface area contributed by atoms with Crippen molar-refractivity contribution in [3.05, 3.63) is 59.2 Å². The molecule has 4 rings (SSSR count). The van der Waals surface area contributed by atoms with Crippen LogP contribution in [0.3, 0.4) is 0 Å². The van der Waals surface area contributed by atoms with Crippen molar-refractivity contribution in [3.8, 4) is 0 Å². The van der Waals surface area contributed by atoms with Gasteiger partial charge in [0.2, 0.25) is 5.91 Å². The predicted octanol–water partition coefficient (Wildman–Crippen LogP) is 7.28. The average molecular weight is 631 g/mol. The van der Waals surface area contributed by atoms with Gasteiger partial charge >= 0.3 is 18.3 Å². The van der Waals surface area contributed by atoms with Crippen molar-refractivity contribution >= 4 is 35.4 Å². The summed E-state index contributed by atoms with van der Waals surface area (Å²) in [4.78, 5) is 25.7. The van der Waals surface area contributed by atoms with Crippen LogP contribution in [0, 0.1) is 5.92 Å². The van der Waals surface area contributed by atoms with E-state index >= 15 is 0 Å². The molecule has 6 nitrogen and oxygen atoms in total. The number of amides is 1. The van der Waals surface area contributed by atoms with Crippen LogP contribution >= 0.6 is 11.8 Å². The molecule has 0 saturated carbocycles. The molecule has 0 aliphatic carbocycles. The van der Waals surface area contributed by atoms with Gasteiger partial charge in [0.25, 0.3) is 0 Å². The Balaban J connectivity index is 1.57. The Bertz CT molecular complexity index is 1320. The van der Waals surface area contributed by atoms with Gasteiger partial charge < -0.3 is 19.7 Å². The molecule has 2 heterocycles. The molecule has 2 saturated heterocycles. The Morgan fingerprint density at radius 1 is 1.00 bits per heavy atom. The molecule has 0 bridgehead atoms. The molecular formula is C30H32F6N2O4S. The third-order valence-electron chi connectivity index (χ3n) is 7.25. The lowest BCUT2D eigenvalue weighted by molar-refractivity contribution is -0.163. The summed E-state index contributed by atoms with van der Waals surface area (Å²) in [5.74, 6) is -1.42. The van der Waals surface area contributed by atoms with Crippen molar-refractivity contribution in [2.75, 3.05) is 38.2 Å². The molecule has 2 aliphatic heterocycles. The Morgan fingerprint density at radius 2 is 1.67 bits per heavy atom. The van der Waals surface area contributed by atoms with E-state index < -0.39 is 39.8 Å². The molecule has 0 spiro atoms. The molecular weight excluding hydrogens is 598 g/mol. The van der Waals surface area contributed by atoms with Gasteiger partial charge in [0.05, 0.1) is 23.7 Å². The number of piperidine rings is 1. The zero-order chi connectivity index (χ0) is 31.2. The molecule has 1 amide bonds. The van der Waals surface area contributed by atoms with E-state index in [2.05, 4.69) is 5.32 Å². The minimum Gasteiger partial charge on any atom is -0.466 e. The summed E-state index contributed by atoms with van der Waals surface area (Å²) in [5.41, 5.74) is -3.79. The zero-order valence-electron chi connectivity index (χ0n) is 23.4. The van der Waals surface area contributed by atoms with E-state index in [4.69, 9.17) is 9.47 Å². The van der Waals surface area contributed by atoms with Crippen LogP contribution in [0.5, 0.6) is 0 Å². The number of benzene rings is 2. The monoisotopic (exact) mass is 630 g/mol. The van der Waals surface area contributed by atoms with Crippen LogP contribution in [-0.4, -0.2) is 55.7 Å². The first-order valence-corrected chi connectivity index (χ1v) is 14.8. The summed E-state index contributed by atoms with van der Waals surface area (Å²) >= 11 is 0.588. The highest BCUT2D eigenvalue weighted by atomic mass is 32.2. The zero-order valence-corrected chi connectivity index (χ0v) is 24.2. The van der Waals surface area contributed by atoms with Gasteiger partial charge in [0.1, 0.15) is 0 Å². The summed E-state index contributed by atoms with van der Waals surface area (Å²) in [6.45, 7) is 3.41. The Hall–Kier alpha value is -3.19. The maximum Gasteiger partial charge on any atom is 0.418 e. The van der Waals surface area contributed by atoms with E-state index in [1.165, 1.54) is 11.0 Å². The second-order valence-corrected chi connectivity index (χ2v) is 11.4. The van der Waals surface area contributed by atoms with Crippen molar-refractivity contribution < 1.29 is 45.4 Å². The number of hydrogen-bond donors (Lipinski definition) is 1. The minimum absolute atomic E-state index is 0.120. The summed E-state index contributed by atoms with van der Waals surface area (Å²) in [7, 11) is 0. The Kier molecular flexibility index (Phi) is 10.7. The third kappa shape index (κ3) is 8.69. The van der Waals surface area contributed by atoms with E-state index in [0.717, 1.165) is 37.1 Å². The van der Waals surface area contributed by atoms with E-state index in [1.807, 2.05) is 0 Å². The Morgan fingerprint density at radius 3 is 2.30 bits per heavy atom. The molecule has 2 aromatic rings. The number of anilines is 1. The number of nitrogens with zero attached hydrogens (tertiary/aromatic N) is 1. The third-order valence-corrected chi connectivity index (χ3v) is 8.30. The first-order valence-electron chi connectivity index (χ1n) is 13.9. The predicted molar refractivity (Wildman–Crippen MR) is 149 cm³/mol. The molecule has 0 atom stereocenters. The number of carbonyl (C=O) groups is 2. The Labute approximate surface area is 249 Å². The SMILES string of the molecule is CCOC(=O)C1CCN(C(=O)C=Cc2ccc(Sc3cccc(NC4CCOCC4)c3)c(C(F)(F)F)c2C(F)(F)F)CC1. The lowest BCUT2D eigenvalue weighted by Gasteiger charge is -2.30. The number of carbonyl (C=O) groups excluding carboxylic acids is 2. The lowest BCUT2D eigenvalue weighted by Crippen LogP contribution is -2.39. The van der Waals surface area contributed by atoms with Crippen molar-refractivity contribution in [3.63, 3.8) is 0 Å². The summed E-state index contributed by atoms with van der Waals surface area (Å²) in [6.07, 6.45) is -6.91. The number of esters is 1. The molecule has 0 unspecified atom stereocenters. The fourth-order valence-electron chi connectivity index (χ4n) is 5.13. The second kappa shape index (κ2) is 14.1. The first-order chi connectivity index (χ1) is 20.4. The highest BCUT2D eigenvalue weighted by molar-refractivity contribution is 7.99. The van der Waals surface area contributed by atoms with E-state index in [0.29, 0.717) is 48.4 Å². The van der Waals surface area contributed by atoms with E-state index in [9.17, 15) is 35.9 Å². The van der Waals surface area contributed by atoms with Crippen LogP contribution in [0.1, 0.15) is 49.3 Å². The normalized spacial score (nSPS) is 17.3. The van der Waals surface area contributed by atoms with Crippen LogP contribution < -0.4 is 5.32 Å². The second-order valence-electron chi connectivity index (χ2n) is 10.2. The van der Waals surface area contributed by atoms with Gasteiger partial charge in [-0.25, -0.2) is 0 Å². The molecule has 1 N–H and O–H groups in total. The van der Waals surface area contributed by atoms with E-state index in [-0.39, 0.29) is 37.6 Å². The van der Waals surface area contributed by atoms with Gasteiger partial charge in [-0.1, -0.05) is 23.9 Å². The van der Waals surface area contributed by atoms with Crippen LogP contribution in [0.2, 0.25) is 0 Å². The smallest absolute Gasteiger partial charge is 0.418 e. The van der Waals surface area contributed by atoms with Gasteiger partial charge in [-0.3, -0.25) is 9.59 Å². The molecule has 2 aromatic carbocycles. The van der Waals surface area contributed by atoms with Gasteiger partial charge in [-0.2, -0.15) is 26.3 Å². The summed E-state index contributed by atoms with van der Waals surface area (Å²) in [6, 6.07) is 8.57. The highest BCUT2D eigenvalue weighted by Gasteiger charge is 2.46. The molecule has 43 heavy (non-hydrogen) atoms. The van der Waals surface area contributed by atoms with Crippen molar-refractivity contribution in [1.29, 1.82) is 0 Å². The molecule has 2 aliphatic rings. The number of likely N-dealkylation sites (tertiary alicyclic amines) is 1. The number of rotatable bonds is 8. The fourth-order valence-corrected chi connectivity index (χ4v) is 6.17. The quantitative estimate of drug-likeness (QED) is 0.188. The topological polar surface area (TPSA) is 67.9 Å². The maximum atomic E-state index is 14.3. The molecule has 0 aromatic heterocycles. The van der Waals surface area contributed by atoms with Crippen LogP contribution in [-0.2, 0) is 31.4 Å². The standard InChI is InChI=1S/C30H32F6N2O4S/c1-2-42-28(40)20-10-14-38(15-11-20)25(39)9-7-19-6-8-24(27(30(34,35)36)26(19)29(31,32)33)43-23-5-3-4-22(18-23)37-21-12-16-41-17-13-21/h3-9,18,20-21,37H,2,10-17H2,1H3. The van der Waals surface area contributed by atoms with Gasteiger partial charge in [-0.15, -0.1) is 0 Å². The van der Waals surface area contributed by atoms with Gasteiger partial charge in [-0.05, 0) is 68.5 Å². The number of hydrogen-bond acceptors (Lipinski definition) is 6. The van der Waals surface area contributed by atoms with Crippen molar-refractivity contribution in [2.45, 2.75) is 60.8 Å². The molecule has 234 valence electrons. The van der Waals surface area contributed by atoms with Gasteiger partial charge in [0.15, 0.2) is 0 Å². The van der Waals surface area contributed by atoms with Gasteiger partial charge in [0, 0.05) is 53.9 Å². The number of nitrogens with one attached hydrogen (secondary N) is 1. The maximum absolute atomic E-state index is 14.3. The lowest BCUT2D eigenvalue weighted by atomic mass is 9.96. The van der Waals surface area contributed by atoms with Crippen molar-refractivity contribution in [2.24, 2.45) is 5.92 Å². The largest absolute Gasteiger partial charge is 0.466 e. The van der Waals surface area contributed by atoms with E-state index in [1.54, 1.807) is 25.1 Å². The number of halogens is 6. The minimum atomic E-state index is -5.35. The summed E-state index contributed by atoms with van der Waals surface area (Å²) in [5, 5.41) is 3.30. The fraction of sp³-hybridized carbons (Fsp3) is 0.467.